The van der Waals surface area contributed by atoms with Gasteiger partial charge >= 0.3 is 0 Å². The van der Waals surface area contributed by atoms with Crippen molar-refractivity contribution in [2.75, 3.05) is 31.1 Å². The number of pyridine rings is 1. The van der Waals surface area contributed by atoms with Gasteiger partial charge in [0.2, 0.25) is 0 Å². The van der Waals surface area contributed by atoms with Gasteiger partial charge in [-0.2, -0.15) is 0 Å². The second-order valence-corrected chi connectivity index (χ2v) is 7.66. The van der Waals surface area contributed by atoms with Gasteiger partial charge in [-0.25, -0.2) is 9.97 Å². The lowest BCUT2D eigenvalue weighted by atomic mass is 10.2. The molecule has 4 heterocycles. The molecule has 1 aromatic carbocycles. The molecule has 0 aliphatic carbocycles. The molecule has 1 saturated heterocycles. The van der Waals surface area contributed by atoms with Crippen molar-refractivity contribution in [1.82, 2.24) is 24.8 Å². The Bertz CT molecular complexity index is 1180. The topological polar surface area (TPSA) is 78.0 Å². The van der Waals surface area contributed by atoms with Crippen molar-refractivity contribution in [2.24, 2.45) is 0 Å². The van der Waals surface area contributed by atoms with Crippen LogP contribution in [0.15, 0.2) is 60.8 Å². The number of nitrogens with one attached hydrogen (secondary N) is 1. The Morgan fingerprint density at radius 3 is 2.55 bits per heavy atom. The van der Waals surface area contributed by atoms with Crippen molar-refractivity contribution < 1.29 is 4.79 Å². The monoisotopic (exact) mass is 412 g/mol. The first-order valence-corrected chi connectivity index (χ1v) is 10.6. The Morgan fingerprint density at radius 1 is 1.00 bits per heavy atom. The molecule has 0 radical (unpaired) electrons. The maximum absolute atomic E-state index is 13.0. The molecule has 5 rings (SSSR count). The molecule has 0 unspecified atom stereocenters. The summed E-state index contributed by atoms with van der Waals surface area (Å²) in [5.41, 5.74) is 3.39. The third-order valence-electron chi connectivity index (χ3n) is 5.67. The number of para-hydroxylation sites is 1. The average Bonchev–Trinajstić information content (AvgIpc) is 3.28. The largest absolute Gasteiger partial charge is 0.353 e. The molecule has 0 bridgehead atoms. The number of amides is 1. The minimum atomic E-state index is 0.0435. The minimum absolute atomic E-state index is 0.0435. The van der Waals surface area contributed by atoms with Gasteiger partial charge in [0.1, 0.15) is 17.2 Å². The lowest BCUT2D eigenvalue weighted by molar-refractivity contribution is 0.0741. The van der Waals surface area contributed by atoms with Crippen LogP contribution in [0, 0.1) is 0 Å². The van der Waals surface area contributed by atoms with Crippen molar-refractivity contribution in [1.29, 1.82) is 0 Å². The second-order valence-electron chi connectivity index (χ2n) is 7.66. The van der Waals surface area contributed by atoms with Gasteiger partial charge in [0, 0.05) is 55.0 Å². The fraction of sp³-hybridized carbons (Fsp3) is 0.250. The third kappa shape index (κ3) is 3.86. The fourth-order valence-electron chi connectivity index (χ4n) is 3.93. The van der Waals surface area contributed by atoms with Gasteiger partial charge in [0.25, 0.3) is 5.91 Å². The molecule has 7 nitrogen and oxygen atoms in total. The molecule has 1 N–H and O–H groups in total. The summed E-state index contributed by atoms with van der Waals surface area (Å²) in [4.78, 5) is 34.2. The highest BCUT2D eigenvalue weighted by Gasteiger charge is 2.24. The van der Waals surface area contributed by atoms with Crippen LogP contribution in [0.25, 0.3) is 22.4 Å². The van der Waals surface area contributed by atoms with Crippen LogP contribution in [0.2, 0.25) is 0 Å². The molecule has 3 aromatic heterocycles. The number of aromatic amines is 1. The summed E-state index contributed by atoms with van der Waals surface area (Å²) in [6.45, 7) is 4.85. The Kier molecular flexibility index (Phi) is 5.08. The smallest absolute Gasteiger partial charge is 0.270 e. The highest BCUT2D eigenvalue weighted by molar-refractivity contribution is 5.98. The second kappa shape index (κ2) is 8.18. The summed E-state index contributed by atoms with van der Waals surface area (Å²) in [6, 6.07) is 17.7. The van der Waals surface area contributed by atoms with Crippen LogP contribution in [0.5, 0.6) is 0 Å². The molecule has 1 fully saturated rings. The van der Waals surface area contributed by atoms with Gasteiger partial charge in [-0.3, -0.25) is 9.78 Å². The molecule has 4 aromatic rings. The number of piperazine rings is 1. The number of hydrogen-bond acceptors (Lipinski definition) is 5. The van der Waals surface area contributed by atoms with Gasteiger partial charge in [0.15, 0.2) is 5.82 Å². The summed E-state index contributed by atoms with van der Waals surface area (Å²) in [5, 5.41) is 1.06. The van der Waals surface area contributed by atoms with Gasteiger partial charge < -0.3 is 14.8 Å². The number of carbonyl (C=O) groups is 1. The first kappa shape index (κ1) is 19.2. The number of hydrogen-bond donors (Lipinski definition) is 1. The van der Waals surface area contributed by atoms with Crippen molar-refractivity contribution in [3.8, 4) is 11.5 Å². The molecule has 0 spiro atoms. The zero-order valence-corrected chi connectivity index (χ0v) is 17.5. The van der Waals surface area contributed by atoms with E-state index >= 15 is 0 Å². The lowest BCUT2D eigenvalue weighted by Crippen LogP contribution is -2.49. The summed E-state index contributed by atoms with van der Waals surface area (Å²) in [7, 11) is 0. The fourth-order valence-corrected chi connectivity index (χ4v) is 3.93. The van der Waals surface area contributed by atoms with Crippen LogP contribution < -0.4 is 4.90 Å². The first-order valence-electron chi connectivity index (χ1n) is 10.6. The number of anilines is 1. The maximum atomic E-state index is 13.0. The van der Waals surface area contributed by atoms with Gasteiger partial charge in [-0.1, -0.05) is 31.2 Å². The minimum Gasteiger partial charge on any atom is -0.353 e. The molecule has 156 valence electrons. The average molecular weight is 412 g/mol. The van der Waals surface area contributed by atoms with E-state index in [4.69, 9.17) is 4.98 Å². The van der Waals surface area contributed by atoms with Crippen molar-refractivity contribution in [3.05, 3.63) is 72.2 Å². The van der Waals surface area contributed by atoms with E-state index in [1.807, 2.05) is 59.5 Å². The number of fused-ring (bicyclic) bond motifs is 1. The maximum Gasteiger partial charge on any atom is 0.270 e. The van der Waals surface area contributed by atoms with E-state index in [1.54, 1.807) is 6.20 Å². The van der Waals surface area contributed by atoms with Gasteiger partial charge in [-0.15, -0.1) is 0 Å². The SMILES string of the molecule is CCc1cc(N2CCN(C(=O)c3cc4ccccc4[nH]3)CC2)nc(-c2ccccn2)n1. The predicted octanol–water partition coefficient (Wildman–Crippen LogP) is 3.54. The lowest BCUT2D eigenvalue weighted by Gasteiger charge is -2.35. The summed E-state index contributed by atoms with van der Waals surface area (Å²) < 4.78 is 0. The molecule has 31 heavy (non-hydrogen) atoms. The number of aryl methyl sites for hydroxylation is 1. The molecule has 1 aliphatic heterocycles. The van der Waals surface area contributed by atoms with Crippen molar-refractivity contribution >= 4 is 22.6 Å². The van der Waals surface area contributed by atoms with E-state index in [0.29, 0.717) is 24.6 Å². The molecule has 1 amide bonds. The zero-order chi connectivity index (χ0) is 21.2. The summed E-state index contributed by atoms with van der Waals surface area (Å²) in [5.74, 6) is 1.58. The number of rotatable bonds is 4. The van der Waals surface area contributed by atoms with E-state index < -0.39 is 0 Å². The Balaban J connectivity index is 1.32. The third-order valence-corrected chi connectivity index (χ3v) is 5.67. The Hall–Kier alpha value is -3.74. The zero-order valence-electron chi connectivity index (χ0n) is 17.5. The van der Waals surface area contributed by atoms with E-state index in [1.165, 1.54) is 0 Å². The molecule has 0 atom stereocenters. The van der Waals surface area contributed by atoms with Crippen molar-refractivity contribution in [3.63, 3.8) is 0 Å². The highest BCUT2D eigenvalue weighted by Crippen LogP contribution is 2.22. The number of H-pyrrole nitrogens is 1. The molecule has 1 aliphatic rings. The molecule has 7 heteroatoms. The molecular weight excluding hydrogens is 388 g/mol. The van der Waals surface area contributed by atoms with Gasteiger partial charge in [0.05, 0.1) is 0 Å². The van der Waals surface area contributed by atoms with Crippen LogP contribution in [0.1, 0.15) is 23.1 Å². The van der Waals surface area contributed by atoms with E-state index in [0.717, 1.165) is 47.6 Å². The van der Waals surface area contributed by atoms with Crippen LogP contribution in [-0.4, -0.2) is 56.9 Å². The van der Waals surface area contributed by atoms with Crippen LogP contribution in [-0.2, 0) is 6.42 Å². The molecule has 0 saturated carbocycles. The first-order chi connectivity index (χ1) is 15.2. The number of carbonyl (C=O) groups excluding carboxylic acids is 1. The van der Waals surface area contributed by atoms with Crippen molar-refractivity contribution in [2.45, 2.75) is 13.3 Å². The summed E-state index contributed by atoms with van der Waals surface area (Å²) in [6.07, 6.45) is 2.58. The Labute approximate surface area is 180 Å². The highest BCUT2D eigenvalue weighted by atomic mass is 16.2. The normalized spacial score (nSPS) is 14.2. The standard InChI is InChI=1S/C24H24N6O/c1-2-18-16-22(28-23(26-18)20-9-5-6-10-25-20)29-11-13-30(14-12-29)24(31)21-15-17-7-3-4-8-19(17)27-21/h3-10,15-16,27H,2,11-14H2,1H3. The Morgan fingerprint density at radius 2 is 1.81 bits per heavy atom. The van der Waals surface area contributed by atoms with Crippen LogP contribution in [0.4, 0.5) is 5.82 Å². The number of benzene rings is 1. The summed E-state index contributed by atoms with van der Waals surface area (Å²) >= 11 is 0. The van der Waals surface area contributed by atoms with Crippen LogP contribution >= 0.6 is 0 Å². The van der Waals surface area contributed by atoms with Gasteiger partial charge in [-0.05, 0) is 30.7 Å². The molecular formula is C24H24N6O. The van der Waals surface area contributed by atoms with E-state index in [-0.39, 0.29) is 5.91 Å². The quantitative estimate of drug-likeness (QED) is 0.555. The number of nitrogens with zero attached hydrogens (tertiary/aromatic N) is 5. The van der Waals surface area contributed by atoms with E-state index in [2.05, 4.69) is 26.8 Å². The van der Waals surface area contributed by atoms with Crippen LogP contribution in [0.3, 0.4) is 0 Å². The number of aromatic nitrogens is 4. The van der Waals surface area contributed by atoms with E-state index in [9.17, 15) is 4.79 Å². The predicted molar refractivity (Wildman–Crippen MR) is 121 cm³/mol.